The van der Waals surface area contributed by atoms with E-state index in [2.05, 4.69) is 53.9 Å². The smallest absolute Gasteiger partial charge is 0.0449 e. The third kappa shape index (κ3) is 3.96. The lowest BCUT2D eigenvalue weighted by atomic mass is 10.2. The third-order valence-electron chi connectivity index (χ3n) is 4.00. The molecule has 0 aliphatic heterocycles. The minimum absolute atomic E-state index is 0.792. The molecule has 0 spiro atoms. The molecule has 5 heteroatoms. The second-order valence-corrected chi connectivity index (χ2v) is 10.1. The van der Waals surface area contributed by atoms with E-state index in [4.69, 9.17) is 5.73 Å². The predicted molar refractivity (Wildman–Crippen MR) is 116 cm³/mol. The first kappa shape index (κ1) is 17.2. The van der Waals surface area contributed by atoms with Crippen LogP contribution in [0.15, 0.2) is 53.9 Å². The van der Waals surface area contributed by atoms with Gasteiger partial charge in [-0.3, -0.25) is 0 Å². The summed E-state index contributed by atoms with van der Waals surface area (Å²) in [5, 5.41) is 2.14. The normalized spacial score (nSPS) is 11.2. The Morgan fingerprint density at radius 3 is 1.84 bits per heavy atom. The lowest BCUT2D eigenvalue weighted by Crippen LogP contribution is -1.98. The van der Waals surface area contributed by atoms with Crippen LogP contribution < -0.4 is 5.73 Å². The Labute approximate surface area is 164 Å². The molecule has 0 fully saturated rings. The molecule has 0 bridgehead atoms. The summed E-state index contributed by atoms with van der Waals surface area (Å²) in [7, 11) is 0. The summed E-state index contributed by atoms with van der Waals surface area (Å²) in [5.74, 6) is 0. The van der Waals surface area contributed by atoms with Gasteiger partial charge in [0.1, 0.15) is 0 Å². The zero-order valence-corrected chi connectivity index (χ0v) is 17.0. The number of unbranched alkanes of at least 4 members (excludes halogenated alkanes) is 1. The van der Waals surface area contributed by atoms with Crippen molar-refractivity contribution in [1.82, 2.24) is 0 Å². The standard InChI is InChI=1S/C20H19NS4/c21-12-2-1-4-14-6-7-17(23-14)18-10-11-20(25-18)19-9-8-16(24-19)15-5-3-13-22-15/h3,5-11,13H,1-2,4,12,21H2. The molecule has 0 aromatic carbocycles. The van der Waals surface area contributed by atoms with Crippen LogP contribution in [0.25, 0.3) is 29.3 Å². The molecule has 4 rings (SSSR count). The SMILES string of the molecule is NCCCCc1ccc(-c2ccc(-c3ccc(-c4cccs4)s3)s2)s1. The van der Waals surface area contributed by atoms with E-state index in [1.165, 1.54) is 40.6 Å². The largest absolute Gasteiger partial charge is 0.330 e. The average Bonchev–Trinajstić information content (AvgIpc) is 3.40. The third-order valence-corrected chi connectivity index (χ3v) is 8.77. The van der Waals surface area contributed by atoms with Crippen molar-refractivity contribution in [3.05, 3.63) is 58.8 Å². The van der Waals surface area contributed by atoms with E-state index in [-0.39, 0.29) is 0 Å². The van der Waals surface area contributed by atoms with Crippen LogP contribution in [0.1, 0.15) is 17.7 Å². The van der Waals surface area contributed by atoms with Crippen LogP contribution in [0, 0.1) is 0 Å². The maximum absolute atomic E-state index is 5.59. The van der Waals surface area contributed by atoms with Crippen molar-refractivity contribution in [2.75, 3.05) is 6.54 Å². The lowest BCUT2D eigenvalue weighted by Gasteiger charge is -1.95. The Kier molecular flexibility index (Phi) is 5.48. The first-order valence-electron chi connectivity index (χ1n) is 8.36. The molecule has 0 saturated carbocycles. The molecule has 4 heterocycles. The van der Waals surface area contributed by atoms with Gasteiger partial charge in [0.05, 0.1) is 0 Å². The molecule has 2 N–H and O–H groups in total. The maximum Gasteiger partial charge on any atom is 0.0449 e. The van der Waals surface area contributed by atoms with Gasteiger partial charge in [-0.15, -0.1) is 45.3 Å². The highest BCUT2D eigenvalue weighted by atomic mass is 32.1. The number of thiophene rings is 4. The van der Waals surface area contributed by atoms with E-state index in [0.717, 1.165) is 19.4 Å². The minimum atomic E-state index is 0.792. The molecule has 0 atom stereocenters. The van der Waals surface area contributed by atoms with Crippen LogP contribution in [0.3, 0.4) is 0 Å². The summed E-state index contributed by atoms with van der Waals surface area (Å²) in [4.78, 5) is 9.66. The monoisotopic (exact) mass is 401 g/mol. The Morgan fingerprint density at radius 2 is 1.24 bits per heavy atom. The van der Waals surface area contributed by atoms with Gasteiger partial charge in [0.2, 0.25) is 0 Å². The molecular formula is C20H19NS4. The maximum atomic E-state index is 5.59. The van der Waals surface area contributed by atoms with Crippen molar-refractivity contribution in [3.8, 4) is 29.3 Å². The summed E-state index contributed by atoms with van der Waals surface area (Å²) in [5.41, 5.74) is 5.59. The molecule has 4 aromatic heterocycles. The second-order valence-electron chi connectivity index (χ2n) is 5.82. The molecule has 0 aliphatic rings. The quantitative estimate of drug-likeness (QED) is 0.325. The first-order valence-corrected chi connectivity index (χ1v) is 11.7. The molecule has 0 amide bonds. The van der Waals surface area contributed by atoms with Crippen LogP contribution in [0.4, 0.5) is 0 Å². The van der Waals surface area contributed by atoms with Gasteiger partial charge in [0.15, 0.2) is 0 Å². The van der Waals surface area contributed by atoms with Crippen molar-refractivity contribution >= 4 is 45.3 Å². The Hall–Kier alpha value is -1.24. The molecule has 0 unspecified atom stereocenters. The van der Waals surface area contributed by atoms with Crippen molar-refractivity contribution in [3.63, 3.8) is 0 Å². The zero-order chi connectivity index (χ0) is 17.1. The number of aryl methyl sites for hydroxylation is 1. The number of hydrogen-bond acceptors (Lipinski definition) is 5. The highest BCUT2D eigenvalue weighted by Crippen LogP contribution is 2.42. The Morgan fingerprint density at radius 1 is 0.640 bits per heavy atom. The second kappa shape index (κ2) is 7.98. The first-order chi connectivity index (χ1) is 12.3. The van der Waals surface area contributed by atoms with Crippen LogP contribution in [0.5, 0.6) is 0 Å². The van der Waals surface area contributed by atoms with E-state index >= 15 is 0 Å². The summed E-state index contributed by atoms with van der Waals surface area (Å²) in [6.45, 7) is 0.792. The van der Waals surface area contributed by atoms with Crippen molar-refractivity contribution in [2.24, 2.45) is 5.73 Å². The van der Waals surface area contributed by atoms with Gasteiger partial charge in [-0.25, -0.2) is 0 Å². The highest BCUT2D eigenvalue weighted by molar-refractivity contribution is 7.28. The number of hydrogen-bond donors (Lipinski definition) is 1. The fourth-order valence-electron chi connectivity index (χ4n) is 2.71. The fraction of sp³-hybridized carbons (Fsp3) is 0.200. The summed E-state index contributed by atoms with van der Waals surface area (Å²) < 4.78 is 0. The van der Waals surface area contributed by atoms with Crippen molar-refractivity contribution < 1.29 is 0 Å². The molecule has 0 saturated heterocycles. The fourth-order valence-corrected chi connectivity index (χ4v) is 6.79. The predicted octanol–water partition coefficient (Wildman–Crippen LogP) is 7.22. The van der Waals surface area contributed by atoms with Crippen LogP contribution in [-0.4, -0.2) is 6.54 Å². The van der Waals surface area contributed by atoms with Gasteiger partial charge in [0, 0.05) is 34.1 Å². The van der Waals surface area contributed by atoms with E-state index in [1.54, 1.807) is 11.3 Å². The summed E-state index contributed by atoms with van der Waals surface area (Å²) >= 11 is 7.51. The molecule has 25 heavy (non-hydrogen) atoms. The van der Waals surface area contributed by atoms with Crippen LogP contribution >= 0.6 is 45.3 Å². The van der Waals surface area contributed by atoms with Crippen LogP contribution in [-0.2, 0) is 6.42 Å². The van der Waals surface area contributed by atoms with E-state index < -0.39 is 0 Å². The van der Waals surface area contributed by atoms with Gasteiger partial charge in [-0.2, -0.15) is 0 Å². The average molecular weight is 402 g/mol. The highest BCUT2D eigenvalue weighted by Gasteiger charge is 2.10. The number of rotatable bonds is 7. The van der Waals surface area contributed by atoms with E-state index in [1.807, 2.05) is 34.0 Å². The summed E-state index contributed by atoms with van der Waals surface area (Å²) in [6, 6.07) is 17.9. The van der Waals surface area contributed by atoms with E-state index in [9.17, 15) is 0 Å². The van der Waals surface area contributed by atoms with E-state index in [0.29, 0.717) is 0 Å². The lowest BCUT2D eigenvalue weighted by molar-refractivity contribution is 0.751. The molecular weight excluding hydrogens is 382 g/mol. The van der Waals surface area contributed by atoms with Gasteiger partial charge in [-0.1, -0.05) is 6.07 Å². The van der Waals surface area contributed by atoms with Crippen LogP contribution in [0.2, 0.25) is 0 Å². The molecule has 0 aliphatic carbocycles. The van der Waals surface area contributed by atoms with Gasteiger partial charge < -0.3 is 5.73 Å². The molecule has 4 aromatic rings. The Balaban J connectivity index is 1.51. The zero-order valence-electron chi connectivity index (χ0n) is 13.7. The van der Waals surface area contributed by atoms with Crippen molar-refractivity contribution in [2.45, 2.75) is 19.3 Å². The Bertz CT molecular complexity index is 927. The topological polar surface area (TPSA) is 26.0 Å². The molecule has 128 valence electrons. The van der Waals surface area contributed by atoms with Gasteiger partial charge in [-0.05, 0) is 73.7 Å². The molecule has 1 nitrogen and oxygen atoms in total. The minimum Gasteiger partial charge on any atom is -0.330 e. The molecule has 0 radical (unpaired) electrons. The van der Waals surface area contributed by atoms with Crippen molar-refractivity contribution in [1.29, 1.82) is 0 Å². The summed E-state index contributed by atoms with van der Waals surface area (Å²) in [6.07, 6.45) is 3.45. The number of nitrogens with two attached hydrogens (primary N) is 1. The van der Waals surface area contributed by atoms with Gasteiger partial charge >= 0.3 is 0 Å². The van der Waals surface area contributed by atoms with Gasteiger partial charge in [0.25, 0.3) is 0 Å².